The summed E-state index contributed by atoms with van der Waals surface area (Å²) in [6, 6.07) is 58.9. The van der Waals surface area contributed by atoms with Crippen LogP contribution in [-0.2, 0) is 0 Å². The van der Waals surface area contributed by atoms with Crippen molar-refractivity contribution in [3.63, 3.8) is 0 Å². The summed E-state index contributed by atoms with van der Waals surface area (Å²) in [6.07, 6.45) is 3.82. The molecule has 0 bridgehead atoms. The van der Waals surface area contributed by atoms with Gasteiger partial charge in [-0.25, -0.2) is 0 Å². The lowest BCUT2D eigenvalue weighted by Crippen LogP contribution is -1.94. The molecule has 228 valence electrons. The fourth-order valence-corrected chi connectivity index (χ4v) is 7.68. The van der Waals surface area contributed by atoms with Crippen molar-refractivity contribution >= 4 is 54.1 Å². The van der Waals surface area contributed by atoms with Crippen LogP contribution >= 0.6 is 0 Å². The predicted octanol–water partition coefficient (Wildman–Crippen LogP) is 12.0. The van der Waals surface area contributed by atoms with E-state index in [1.54, 1.807) is 0 Å². The average Bonchev–Trinajstić information content (AvgIpc) is 3.50. The molecule has 0 aliphatic carbocycles. The summed E-state index contributed by atoms with van der Waals surface area (Å²) < 4.78 is 2.32. The number of rotatable bonds is 4. The molecule has 0 atom stereocenters. The molecule has 0 spiro atoms. The largest absolute Gasteiger partial charge is 0.308 e. The van der Waals surface area contributed by atoms with Crippen LogP contribution in [0.2, 0.25) is 0 Å². The summed E-state index contributed by atoms with van der Waals surface area (Å²) in [6.45, 7) is 0. The average molecular weight is 624 g/mol. The predicted molar refractivity (Wildman–Crippen MR) is 205 cm³/mol. The van der Waals surface area contributed by atoms with E-state index in [1.165, 1.54) is 60.0 Å². The zero-order valence-electron chi connectivity index (χ0n) is 26.6. The fraction of sp³-hybridized carbons (Fsp3) is 0. The zero-order chi connectivity index (χ0) is 32.3. The molecule has 10 rings (SSSR count). The second-order valence-electron chi connectivity index (χ2n) is 12.6. The first-order valence-corrected chi connectivity index (χ1v) is 16.7. The Morgan fingerprint density at radius 1 is 0.367 bits per heavy atom. The van der Waals surface area contributed by atoms with Gasteiger partial charge in [-0.05, 0) is 103 Å². The Morgan fingerprint density at radius 3 is 1.65 bits per heavy atom. The Morgan fingerprint density at radius 2 is 0.959 bits per heavy atom. The lowest BCUT2D eigenvalue weighted by molar-refractivity contribution is 1.16. The van der Waals surface area contributed by atoms with E-state index in [2.05, 4.69) is 155 Å². The van der Waals surface area contributed by atoms with Crippen molar-refractivity contribution in [1.82, 2.24) is 14.5 Å². The molecular weight excluding hydrogens is 595 g/mol. The molecule has 10 aromatic rings. The van der Waals surface area contributed by atoms with Crippen LogP contribution in [0.25, 0.3) is 93.5 Å². The number of hydrogen-bond acceptors (Lipinski definition) is 2. The number of benzene rings is 7. The molecule has 3 heteroatoms. The highest BCUT2D eigenvalue weighted by Gasteiger charge is 2.19. The second kappa shape index (κ2) is 11.0. The van der Waals surface area contributed by atoms with Crippen LogP contribution in [0, 0.1) is 0 Å². The molecule has 0 aliphatic heterocycles. The van der Waals surface area contributed by atoms with Gasteiger partial charge in [0.15, 0.2) is 0 Å². The number of hydrogen-bond donors (Lipinski definition) is 0. The summed E-state index contributed by atoms with van der Waals surface area (Å²) in [5, 5.41) is 9.82. The molecule has 3 aromatic heterocycles. The molecule has 0 fully saturated rings. The van der Waals surface area contributed by atoms with E-state index in [0.29, 0.717) is 0 Å². The van der Waals surface area contributed by atoms with Crippen molar-refractivity contribution in [3.05, 3.63) is 176 Å². The molecule has 0 saturated heterocycles. The van der Waals surface area contributed by atoms with E-state index in [9.17, 15) is 0 Å². The molecule has 0 N–H and O–H groups in total. The molecule has 3 heterocycles. The number of nitrogens with zero attached hydrogens (tertiary/aromatic N) is 3. The number of pyridine rings is 2. The second-order valence-corrected chi connectivity index (χ2v) is 12.6. The van der Waals surface area contributed by atoms with E-state index in [4.69, 9.17) is 4.98 Å². The molecular formula is C46H29N3. The SMILES string of the molecule is c1ccc(-n2c3ccc(-c4c5ccccc5c(-c5ccc6ccccc6c5)c5ccccc45)cc3c3cc(-c4ccccn4)ncc32)cc1. The number of para-hydroxylation sites is 1. The van der Waals surface area contributed by atoms with Gasteiger partial charge in [-0.1, -0.05) is 115 Å². The Bertz CT molecular complexity index is 2810. The number of aromatic nitrogens is 3. The monoisotopic (exact) mass is 623 g/mol. The fourth-order valence-electron chi connectivity index (χ4n) is 7.68. The maximum atomic E-state index is 4.90. The summed E-state index contributed by atoms with van der Waals surface area (Å²) in [4.78, 5) is 9.51. The van der Waals surface area contributed by atoms with Crippen molar-refractivity contribution in [1.29, 1.82) is 0 Å². The Kier molecular flexibility index (Phi) is 6.18. The maximum Gasteiger partial charge on any atom is 0.0893 e. The van der Waals surface area contributed by atoms with Gasteiger partial charge in [0.05, 0.1) is 28.6 Å². The van der Waals surface area contributed by atoms with Crippen molar-refractivity contribution in [2.75, 3.05) is 0 Å². The van der Waals surface area contributed by atoms with Crippen LogP contribution < -0.4 is 0 Å². The molecule has 0 amide bonds. The van der Waals surface area contributed by atoms with Crippen LogP contribution in [0.1, 0.15) is 0 Å². The quantitative estimate of drug-likeness (QED) is 0.183. The third kappa shape index (κ3) is 4.37. The number of fused-ring (bicyclic) bond motifs is 6. The normalized spacial score (nSPS) is 11.7. The third-order valence-corrected chi connectivity index (χ3v) is 9.85. The zero-order valence-corrected chi connectivity index (χ0v) is 26.6. The minimum atomic E-state index is 0.862. The van der Waals surface area contributed by atoms with Crippen molar-refractivity contribution in [2.24, 2.45) is 0 Å². The Hall–Kier alpha value is -6.58. The summed E-state index contributed by atoms with van der Waals surface area (Å²) in [5.41, 5.74) is 9.99. The van der Waals surface area contributed by atoms with Crippen LogP contribution in [0.4, 0.5) is 0 Å². The smallest absolute Gasteiger partial charge is 0.0893 e. The molecule has 0 radical (unpaired) electrons. The van der Waals surface area contributed by atoms with Crippen LogP contribution in [0.5, 0.6) is 0 Å². The molecule has 0 saturated carbocycles. The summed E-state index contributed by atoms with van der Waals surface area (Å²) >= 11 is 0. The standard InChI is InChI=1S/C46H29N3/c1-2-14-34(15-3-1)49-43-24-23-33(27-39(43)40-28-42(48-29-44(40)49)41-20-10-11-25-47-41)46-37-18-8-6-16-35(37)45(36-17-7-9-19-38(36)46)32-22-21-30-12-4-5-13-31(30)26-32/h1-29H. The van der Waals surface area contributed by atoms with Gasteiger partial charge in [-0.3, -0.25) is 9.97 Å². The summed E-state index contributed by atoms with van der Waals surface area (Å²) in [5.74, 6) is 0. The first-order valence-electron chi connectivity index (χ1n) is 16.7. The van der Waals surface area contributed by atoms with Crippen molar-refractivity contribution in [2.45, 2.75) is 0 Å². The first kappa shape index (κ1) is 27.5. The van der Waals surface area contributed by atoms with Crippen molar-refractivity contribution < 1.29 is 0 Å². The highest BCUT2D eigenvalue weighted by Crippen LogP contribution is 2.45. The lowest BCUT2D eigenvalue weighted by Gasteiger charge is -2.18. The topological polar surface area (TPSA) is 30.7 Å². The molecule has 0 unspecified atom stereocenters. The van der Waals surface area contributed by atoms with E-state index in [0.717, 1.165) is 33.5 Å². The Labute approximate surface area is 283 Å². The van der Waals surface area contributed by atoms with Gasteiger partial charge in [0, 0.05) is 22.7 Å². The minimum absolute atomic E-state index is 0.862. The first-order chi connectivity index (χ1) is 24.3. The third-order valence-electron chi connectivity index (χ3n) is 9.85. The van der Waals surface area contributed by atoms with Gasteiger partial charge in [0.1, 0.15) is 0 Å². The van der Waals surface area contributed by atoms with Crippen LogP contribution in [0.3, 0.4) is 0 Å². The highest BCUT2D eigenvalue weighted by molar-refractivity contribution is 6.22. The van der Waals surface area contributed by atoms with Gasteiger partial charge in [0.2, 0.25) is 0 Å². The van der Waals surface area contributed by atoms with Crippen molar-refractivity contribution in [3.8, 4) is 39.3 Å². The van der Waals surface area contributed by atoms with Gasteiger partial charge in [0.25, 0.3) is 0 Å². The Balaban J connectivity index is 1.27. The van der Waals surface area contributed by atoms with Crippen LogP contribution in [-0.4, -0.2) is 14.5 Å². The van der Waals surface area contributed by atoms with Crippen LogP contribution in [0.15, 0.2) is 176 Å². The molecule has 3 nitrogen and oxygen atoms in total. The molecule has 7 aromatic carbocycles. The van der Waals surface area contributed by atoms with E-state index < -0.39 is 0 Å². The molecule has 0 aliphatic rings. The highest BCUT2D eigenvalue weighted by atomic mass is 15.0. The van der Waals surface area contributed by atoms with Gasteiger partial charge >= 0.3 is 0 Å². The molecule has 49 heavy (non-hydrogen) atoms. The van der Waals surface area contributed by atoms with Gasteiger partial charge in [-0.15, -0.1) is 0 Å². The van der Waals surface area contributed by atoms with E-state index >= 15 is 0 Å². The lowest BCUT2D eigenvalue weighted by atomic mass is 9.85. The van der Waals surface area contributed by atoms with Gasteiger partial charge < -0.3 is 4.57 Å². The summed E-state index contributed by atoms with van der Waals surface area (Å²) in [7, 11) is 0. The van der Waals surface area contributed by atoms with E-state index in [-0.39, 0.29) is 0 Å². The maximum absolute atomic E-state index is 4.90. The van der Waals surface area contributed by atoms with E-state index in [1.807, 2.05) is 30.6 Å². The van der Waals surface area contributed by atoms with Gasteiger partial charge in [-0.2, -0.15) is 0 Å². The minimum Gasteiger partial charge on any atom is -0.308 e.